The summed E-state index contributed by atoms with van der Waals surface area (Å²) in [5, 5.41) is 15.4. The van der Waals surface area contributed by atoms with E-state index in [1.165, 1.54) is 24.3 Å². The molecule has 158 valence electrons. The molecule has 1 aromatic heterocycles. The Kier molecular flexibility index (Phi) is 5.91. The Hall–Kier alpha value is -3.62. The molecule has 0 saturated carbocycles. The van der Waals surface area contributed by atoms with Gasteiger partial charge in [0, 0.05) is 31.4 Å². The van der Waals surface area contributed by atoms with Gasteiger partial charge < -0.3 is 25.0 Å². The van der Waals surface area contributed by atoms with Gasteiger partial charge in [0.25, 0.3) is 0 Å². The van der Waals surface area contributed by atoms with Crippen LogP contribution >= 0.6 is 0 Å². The maximum Gasteiger partial charge on any atom is 0.573 e. The van der Waals surface area contributed by atoms with E-state index in [-0.39, 0.29) is 11.5 Å². The van der Waals surface area contributed by atoms with Crippen LogP contribution in [0.5, 0.6) is 5.75 Å². The van der Waals surface area contributed by atoms with Crippen LogP contribution in [0.25, 0.3) is 16.7 Å². The Balaban J connectivity index is 1.75. The highest BCUT2D eigenvalue weighted by Gasteiger charge is 2.30. The van der Waals surface area contributed by atoms with Gasteiger partial charge in [-0.3, -0.25) is 0 Å². The van der Waals surface area contributed by atoms with Crippen molar-refractivity contribution in [3.05, 3.63) is 66.9 Å². The molecule has 3 aromatic rings. The lowest BCUT2D eigenvalue weighted by Crippen LogP contribution is -2.17. The molecule has 9 heteroatoms. The van der Waals surface area contributed by atoms with E-state index in [2.05, 4.69) is 33.5 Å². The number of alkyl halides is 3. The summed E-state index contributed by atoms with van der Waals surface area (Å²) in [7, 11) is 1.83. The summed E-state index contributed by atoms with van der Waals surface area (Å²) in [6, 6.07) is 11.1. The van der Waals surface area contributed by atoms with Crippen LogP contribution < -0.4 is 15.4 Å². The van der Waals surface area contributed by atoms with Crippen molar-refractivity contribution in [2.75, 3.05) is 11.9 Å². The second-order valence-electron chi connectivity index (χ2n) is 6.62. The molecule has 0 fully saturated rings. The normalized spacial score (nSPS) is 11.3. The summed E-state index contributed by atoms with van der Waals surface area (Å²) in [4.78, 5) is 4.52. The predicted molar refractivity (Wildman–Crippen MR) is 111 cm³/mol. The Morgan fingerprint density at radius 3 is 2.50 bits per heavy atom. The monoisotopic (exact) mass is 418 g/mol. The number of hydrogen-bond donors (Lipinski definition) is 3. The molecule has 0 aliphatic rings. The Labute approximate surface area is 171 Å². The molecular formula is C21H21F3N4O2. The van der Waals surface area contributed by atoms with Gasteiger partial charge in [-0.2, -0.15) is 0 Å². The van der Waals surface area contributed by atoms with E-state index in [4.69, 9.17) is 5.11 Å². The van der Waals surface area contributed by atoms with Crippen LogP contribution in [-0.2, 0) is 7.05 Å². The van der Waals surface area contributed by atoms with E-state index in [1.54, 1.807) is 0 Å². The topological polar surface area (TPSA) is 71.3 Å². The summed E-state index contributed by atoms with van der Waals surface area (Å²) in [5.41, 5.74) is 3.74. The first-order chi connectivity index (χ1) is 14.1. The summed E-state index contributed by atoms with van der Waals surface area (Å²) in [6.45, 7) is 7.96. The van der Waals surface area contributed by atoms with Gasteiger partial charge in [-0.1, -0.05) is 19.2 Å². The number of rotatable bonds is 8. The Bertz CT molecular complexity index is 1070. The third kappa shape index (κ3) is 5.25. The second-order valence-corrected chi connectivity index (χ2v) is 6.62. The van der Waals surface area contributed by atoms with E-state index in [1.807, 2.05) is 29.8 Å². The summed E-state index contributed by atoms with van der Waals surface area (Å²) < 4.78 is 42.5. The van der Waals surface area contributed by atoms with Crippen molar-refractivity contribution in [2.24, 2.45) is 7.05 Å². The van der Waals surface area contributed by atoms with E-state index >= 15 is 0 Å². The Morgan fingerprint density at radius 1 is 1.17 bits per heavy atom. The number of benzene rings is 2. The number of aromatic nitrogens is 2. The van der Waals surface area contributed by atoms with Crippen LogP contribution in [0.1, 0.15) is 12.0 Å². The first-order valence-corrected chi connectivity index (χ1v) is 9.01. The number of aliphatic hydroxyl groups is 1. The molecule has 2 aromatic carbocycles. The number of halogens is 3. The van der Waals surface area contributed by atoms with Crippen LogP contribution in [0.3, 0.4) is 0 Å². The van der Waals surface area contributed by atoms with Gasteiger partial charge in [0.1, 0.15) is 5.75 Å². The smallest absolute Gasteiger partial charge is 0.513 e. The fourth-order valence-electron chi connectivity index (χ4n) is 2.82. The third-order valence-electron chi connectivity index (χ3n) is 4.33. The molecular weight excluding hydrogens is 397 g/mol. The third-order valence-corrected chi connectivity index (χ3v) is 4.33. The maximum atomic E-state index is 12.3. The Morgan fingerprint density at radius 2 is 1.87 bits per heavy atom. The molecule has 3 N–H and O–H groups in total. The van der Waals surface area contributed by atoms with Crippen molar-refractivity contribution in [1.82, 2.24) is 14.9 Å². The highest BCUT2D eigenvalue weighted by Crippen LogP contribution is 2.27. The minimum atomic E-state index is -4.73. The summed E-state index contributed by atoms with van der Waals surface area (Å²) in [5.74, 6) is 0.339. The lowest BCUT2D eigenvalue weighted by Gasteiger charge is -2.11. The van der Waals surface area contributed by atoms with E-state index in [0.29, 0.717) is 30.3 Å². The van der Waals surface area contributed by atoms with E-state index < -0.39 is 6.36 Å². The number of ether oxygens (including phenoxy) is 1. The van der Waals surface area contributed by atoms with Crippen LogP contribution in [0, 0.1) is 0 Å². The van der Waals surface area contributed by atoms with Gasteiger partial charge in [0.05, 0.1) is 16.8 Å². The maximum absolute atomic E-state index is 12.3. The fraction of sp³-hybridized carbons (Fsp3) is 0.190. The van der Waals surface area contributed by atoms with Crippen LogP contribution in [0.4, 0.5) is 24.8 Å². The lowest BCUT2D eigenvalue weighted by atomic mass is 10.1. The minimum Gasteiger partial charge on any atom is -0.513 e. The van der Waals surface area contributed by atoms with Crippen molar-refractivity contribution < 1.29 is 23.0 Å². The predicted octanol–water partition coefficient (Wildman–Crippen LogP) is 5.24. The zero-order valence-corrected chi connectivity index (χ0v) is 16.3. The SMILES string of the molecule is C=C(O)CCNC(=C)c1ccc2nc(Nc3ccc(OC(F)(F)F)cc3)n(C)c2c1. The minimum absolute atomic E-state index is 0.103. The van der Waals surface area contributed by atoms with Crippen molar-refractivity contribution in [2.45, 2.75) is 12.8 Å². The molecule has 6 nitrogen and oxygen atoms in total. The first-order valence-electron chi connectivity index (χ1n) is 9.01. The van der Waals surface area contributed by atoms with Crippen molar-refractivity contribution in [1.29, 1.82) is 0 Å². The number of nitrogens with zero attached hydrogens (tertiary/aromatic N) is 2. The molecule has 0 aliphatic heterocycles. The summed E-state index contributed by atoms with van der Waals surface area (Å²) >= 11 is 0. The molecule has 0 saturated heterocycles. The quantitative estimate of drug-likeness (QED) is 0.437. The fourth-order valence-corrected chi connectivity index (χ4v) is 2.82. The van der Waals surface area contributed by atoms with Crippen LogP contribution in [-0.4, -0.2) is 27.6 Å². The highest BCUT2D eigenvalue weighted by molar-refractivity contribution is 5.83. The number of aliphatic hydroxyl groups excluding tert-OH is 1. The molecule has 0 unspecified atom stereocenters. The van der Waals surface area contributed by atoms with E-state index in [0.717, 1.165) is 16.6 Å². The van der Waals surface area contributed by atoms with Gasteiger partial charge in [-0.25, -0.2) is 4.98 Å². The zero-order chi connectivity index (χ0) is 21.9. The molecule has 0 radical (unpaired) electrons. The van der Waals surface area contributed by atoms with Crippen molar-refractivity contribution >= 4 is 28.4 Å². The molecule has 0 atom stereocenters. The van der Waals surface area contributed by atoms with Crippen LogP contribution in [0.15, 0.2) is 61.4 Å². The number of fused-ring (bicyclic) bond motifs is 1. The average molecular weight is 418 g/mol. The molecule has 0 amide bonds. The number of imidazole rings is 1. The molecule has 0 spiro atoms. The largest absolute Gasteiger partial charge is 0.573 e. The van der Waals surface area contributed by atoms with E-state index in [9.17, 15) is 13.2 Å². The zero-order valence-electron chi connectivity index (χ0n) is 16.3. The molecule has 1 heterocycles. The highest BCUT2D eigenvalue weighted by atomic mass is 19.4. The summed E-state index contributed by atoms with van der Waals surface area (Å²) in [6.07, 6.45) is -4.30. The van der Waals surface area contributed by atoms with Gasteiger partial charge >= 0.3 is 6.36 Å². The average Bonchev–Trinajstić information content (AvgIpc) is 2.97. The number of nitrogens with one attached hydrogen (secondary N) is 2. The molecule has 0 aliphatic carbocycles. The molecule has 3 rings (SSSR count). The molecule has 0 bridgehead atoms. The second kappa shape index (κ2) is 8.40. The molecule has 30 heavy (non-hydrogen) atoms. The number of anilines is 2. The standard InChI is InChI=1S/C21H21F3N4O2/c1-13(29)10-11-25-14(2)15-4-9-18-19(12-15)28(3)20(27-18)26-16-5-7-17(8-6-16)30-21(22,23)24/h4-9,12,25,29H,1-2,10-11H2,3H3,(H,26,27). The first kappa shape index (κ1) is 21.1. The number of hydrogen-bond acceptors (Lipinski definition) is 5. The number of aryl methyl sites for hydroxylation is 1. The van der Waals surface area contributed by atoms with Gasteiger partial charge in [-0.05, 0) is 42.0 Å². The van der Waals surface area contributed by atoms with Crippen LogP contribution in [0.2, 0.25) is 0 Å². The van der Waals surface area contributed by atoms with Gasteiger partial charge in [-0.15, -0.1) is 13.2 Å². The lowest BCUT2D eigenvalue weighted by molar-refractivity contribution is -0.274. The van der Waals surface area contributed by atoms with Gasteiger partial charge in [0.2, 0.25) is 5.95 Å². The van der Waals surface area contributed by atoms with Crippen molar-refractivity contribution in [3.8, 4) is 5.75 Å². The van der Waals surface area contributed by atoms with Crippen molar-refractivity contribution in [3.63, 3.8) is 0 Å². The van der Waals surface area contributed by atoms with Gasteiger partial charge in [0.15, 0.2) is 0 Å².